The summed E-state index contributed by atoms with van der Waals surface area (Å²) in [6, 6.07) is 13.5. The molecule has 0 bridgehead atoms. The lowest BCUT2D eigenvalue weighted by Gasteiger charge is -2.23. The van der Waals surface area contributed by atoms with Crippen molar-refractivity contribution in [2.24, 2.45) is 0 Å². The molecule has 1 saturated heterocycles. The van der Waals surface area contributed by atoms with Gasteiger partial charge in [0.15, 0.2) is 6.10 Å². The Morgan fingerprint density at radius 1 is 1.09 bits per heavy atom. The maximum absolute atomic E-state index is 12.7. The topological polar surface area (TPSA) is 128 Å². The van der Waals surface area contributed by atoms with Crippen LogP contribution in [0.2, 0.25) is 5.02 Å². The second kappa shape index (κ2) is 10.7. The molecule has 1 heterocycles. The van der Waals surface area contributed by atoms with Crippen LogP contribution in [0.15, 0.2) is 48.5 Å². The number of carboxylic acid groups (broad SMARTS) is 1. The van der Waals surface area contributed by atoms with E-state index in [1.807, 2.05) is 48.5 Å². The zero-order valence-corrected chi connectivity index (χ0v) is 18.3. The summed E-state index contributed by atoms with van der Waals surface area (Å²) < 4.78 is 0. The van der Waals surface area contributed by atoms with Crippen molar-refractivity contribution >= 4 is 29.3 Å². The van der Waals surface area contributed by atoms with E-state index in [4.69, 9.17) is 16.7 Å². The first-order valence-corrected chi connectivity index (χ1v) is 10.7. The molecular weight excluding hydrogens is 434 g/mol. The highest BCUT2D eigenvalue weighted by Crippen LogP contribution is 2.27. The lowest BCUT2D eigenvalue weighted by Crippen LogP contribution is -2.49. The largest absolute Gasteiger partial charge is 0.479 e. The van der Waals surface area contributed by atoms with Gasteiger partial charge in [-0.15, -0.1) is 0 Å². The van der Waals surface area contributed by atoms with Crippen LogP contribution < -0.4 is 16.2 Å². The molecule has 1 aliphatic rings. The molecule has 2 aromatic carbocycles. The van der Waals surface area contributed by atoms with Crippen LogP contribution in [0.1, 0.15) is 25.3 Å². The summed E-state index contributed by atoms with van der Waals surface area (Å²) in [6.07, 6.45) is -1.31. The van der Waals surface area contributed by atoms with Crippen molar-refractivity contribution in [1.82, 2.24) is 16.2 Å². The van der Waals surface area contributed by atoms with Crippen LogP contribution in [0.5, 0.6) is 0 Å². The summed E-state index contributed by atoms with van der Waals surface area (Å²) >= 11 is 6.49. The molecule has 0 aromatic heterocycles. The molecule has 0 saturated carbocycles. The third kappa shape index (κ3) is 6.14. The molecule has 5 N–H and O–H groups in total. The van der Waals surface area contributed by atoms with Crippen molar-refractivity contribution in [3.8, 4) is 11.1 Å². The van der Waals surface area contributed by atoms with Crippen LogP contribution in [0.25, 0.3) is 11.1 Å². The minimum Gasteiger partial charge on any atom is -0.479 e. The predicted octanol–water partition coefficient (Wildman–Crippen LogP) is 1.69. The Labute approximate surface area is 190 Å². The highest BCUT2D eigenvalue weighted by molar-refractivity contribution is 6.31. The predicted molar refractivity (Wildman–Crippen MR) is 120 cm³/mol. The molecule has 8 nitrogen and oxygen atoms in total. The molecule has 9 heteroatoms. The lowest BCUT2D eigenvalue weighted by molar-refractivity contribution is -0.147. The van der Waals surface area contributed by atoms with Crippen molar-refractivity contribution in [2.45, 2.75) is 50.4 Å². The zero-order valence-electron chi connectivity index (χ0n) is 17.5. The van der Waals surface area contributed by atoms with Gasteiger partial charge in [-0.3, -0.25) is 9.59 Å². The number of carbonyl (C=O) groups is 3. The Kier molecular flexibility index (Phi) is 7.98. The van der Waals surface area contributed by atoms with Crippen LogP contribution in [0, 0.1) is 0 Å². The summed E-state index contributed by atoms with van der Waals surface area (Å²) in [6.45, 7) is 1.44. The minimum atomic E-state index is -1.64. The monoisotopic (exact) mass is 459 g/mol. The second-order valence-corrected chi connectivity index (χ2v) is 8.32. The van der Waals surface area contributed by atoms with Gasteiger partial charge in [-0.25, -0.2) is 15.6 Å². The Balaban J connectivity index is 1.73. The normalized spacial score (nSPS) is 19.8. The maximum atomic E-state index is 12.7. The minimum absolute atomic E-state index is 0.0871. The Hall–Kier alpha value is -2.78. The fourth-order valence-electron chi connectivity index (χ4n) is 3.65. The SMILES string of the molecule is CC(=O)C1CC(C(=O)N[C@H](Cc2ccc(-c3ccccc3)cc2Cl)C[C@@H](O)C(=O)O)NN1. The van der Waals surface area contributed by atoms with Gasteiger partial charge in [0.2, 0.25) is 5.91 Å². The van der Waals surface area contributed by atoms with E-state index in [1.54, 1.807) is 0 Å². The number of benzene rings is 2. The first kappa shape index (κ1) is 23.9. The van der Waals surface area contributed by atoms with E-state index < -0.39 is 30.2 Å². The number of halogens is 1. The number of carboxylic acids is 1. The van der Waals surface area contributed by atoms with Crippen LogP contribution in [0.3, 0.4) is 0 Å². The number of hydrogen-bond acceptors (Lipinski definition) is 6. The molecule has 2 unspecified atom stereocenters. The van der Waals surface area contributed by atoms with E-state index in [0.29, 0.717) is 10.6 Å². The number of carbonyl (C=O) groups excluding carboxylic acids is 2. The Morgan fingerprint density at radius 3 is 2.38 bits per heavy atom. The van der Waals surface area contributed by atoms with E-state index in [9.17, 15) is 19.5 Å². The number of nitrogens with one attached hydrogen (secondary N) is 3. The second-order valence-electron chi connectivity index (χ2n) is 7.91. The summed E-state index contributed by atoms with van der Waals surface area (Å²) in [5.41, 5.74) is 8.21. The van der Waals surface area contributed by atoms with Crippen LogP contribution >= 0.6 is 11.6 Å². The highest BCUT2D eigenvalue weighted by Gasteiger charge is 2.33. The number of aliphatic carboxylic acids is 1. The summed E-state index contributed by atoms with van der Waals surface area (Å²) in [5.74, 6) is -1.84. The maximum Gasteiger partial charge on any atom is 0.332 e. The lowest BCUT2D eigenvalue weighted by atomic mass is 9.97. The molecule has 1 aliphatic heterocycles. The molecule has 1 amide bonds. The van der Waals surface area contributed by atoms with Gasteiger partial charge < -0.3 is 15.5 Å². The molecule has 2 aromatic rings. The van der Waals surface area contributed by atoms with Crippen LogP contribution in [0.4, 0.5) is 0 Å². The quantitative estimate of drug-likeness (QED) is 0.386. The third-order valence-electron chi connectivity index (χ3n) is 5.48. The Morgan fingerprint density at radius 2 is 1.78 bits per heavy atom. The fourth-order valence-corrected chi connectivity index (χ4v) is 3.91. The molecule has 0 aliphatic carbocycles. The number of aliphatic hydroxyl groups excluding tert-OH is 1. The van der Waals surface area contributed by atoms with Gasteiger partial charge in [-0.1, -0.05) is 54.1 Å². The van der Waals surface area contributed by atoms with E-state index in [-0.39, 0.29) is 31.0 Å². The van der Waals surface area contributed by atoms with Gasteiger partial charge in [-0.05, 0) is 42.5 Å². The number of rotatable bonds is 9. The summed E-state index contributed by atoms with van der Waals surface area (Å²) in [5, 5.41) is 22.3. The van der Waals surface area contributed by atoms with Gasteiger partial charge in [0.25, 0.3) is 0 Å². The first-order valence-electron chi connectivity index (χ1n) is 10.3. The molecule has 4 atom stereocenters. The number of hydrogen-bond donors (Lipinski definition) is 5. The molecule has 1 fully saturated rings. The summed E-state index contributed by atoms with van der Waals surface area (Å²) in [7, 11) is 0. The molecule has 32 heavy (non-hydrogen) atoms. The molecule has 3 rings (SSSR count). The fraction of sp³-hybridized carbons (Fsp3) is 0.348. The smallest absolute Gasteiger partial charge is 0.332 e. The van der Waals surface area contributed by atoms with Gasteiger partial charge in [0.1, 0.15) is 11.8 Å². The van der Waals surface area contributed by atoms with E-state index in [0.717, 1.165) is 11.1 Å². The first-order chi connectivity index (χ1) is 15.2. The molecule has 0 spiro atoms. The van der Waals surface area contributed by atoms with Crippen LogP contribution in [-0.2, 0) is 20.8 Å². The number of hydrazine groups is 1. The van der Waals surface area contributed by atoms with Gasteiger partial charge in [-0.2, -0.15) is 0 Å². The average Bonchev–Trinajstić information content (AvgIpc) is 3.26. The van der Waals surface area contributed by atoms with E-state index in [2.05, 4.69) is 16.2 Å². The molecule has 170 valence electrons. The molecular formula is C23H26ClN3O5. The third-order valence-corrected chi connectivity index (χ3v) is 5.83. The van der Waals surface area contributed by atoms with Crippen LogP contribution in [-0.4, -0.2) is 52.1 Å². The van der Waals surface area contributed by atoms with Crippen molar-refractivity contribution in [2.75, 3.05) is 0 Å². The van der Waals surface area contributed by atoms with E-state index >= 15 is 0 Å². The van der Waals surface area contributed by atoms with Crippen molar-refractivity contribution in [3.63, 3.8) is 0 Å². The number of ketones is 1. The standard InChI is InChI=1S/C23H26ClN3O5/c1-13(28)19-12-20(27-26-19)22(30)25-17(11-21(29)23(31)32)9-16-8-7-15(10-18(16)24)14-5-3-2-4-6-14/h2-8,10,17,19-21,26-27,29H,9,11-12H2,1H3,(H,25,30)(H,31,32)/t17-,19?,20?,21-/m1/s1. The highest BCUT2D eigenvalue weighted by atomic mass is 35.5. The number of aliphatic hydroxyl groups is 1. The van der Waals surface area contributed by atoms with E-state index in [1.165, 1.54) is 6.92 Å². The molecule has 0 radical (unpaired) electrons. The number of amides is 1. The van der Waals surface area contributed by atoms with Gasteiger partial charge >= 0.3 is 5.97 Å². The van der Waals surface area contributed by atoms with Crippen molar-refractivity contribution < 1.29 is 24.6 Å². The Bertz CT molecular complexity index is 985. The number of Topliss-reactive ketones (excluding diaryl/α,β-unsaturated/α-hetero) is 1. The van der Waals surface area contributed by atoms with Gasteiger partial charge in [0.05, 0.1) is 6.04 Å². The van der Waals surface area contributed by atoms with Gasteiger partial charge in [0, 0.05) is 17.5 Å². The van der Waals surface area contributed by atoms with Crippen molar-refractivity contribution in [1.29, 1.82) is 0 Å². The zero-order chi connectivity index (χ0) is 23.3. The summed E-state index contributed by atoms with van der Waals surface area (Å²) in [4.78, 5) is 35.4. The average molecular weight is 460 g/mol. The van der Waals surface area contributed by atoms with Crippen molar-refractivity contribution in [3.05, 3.63) is 59.1 Å².